The number of hydrogen-bond donors (Lipinski definition) is 2. The van der Waals surface area contributed by atoms with Crippen LogP contribution < -0.4 is 6.15 Å². The SMILES string of the molecule is CO.Cl.Cl.N. The minimum atomic E-state index is 0. The normalized spacial score (nSPS) is 1.20. The molecule has 0 saturated carbocycles. The first-order valence-corrected chi connectivity index (χ1v) is 0.447. The monoisotopic (exact) mass is 121 g/mol. The van der Waals surface area contributed by atoms with Crippen molar-refractivity contribution in [3.8, 4) is 0 Å². The van der Waals surface area contributed by atoms with Gasteiger partial charge in [-0.3, -0.25) is 0 Å². The molecule has 0 rings (SSSR count). The quantitative estimate of drug-likeness (QED) is 0.494. The van der Waals surface area contributed by atoms with Crippen molar-refractivity contribution in [3.63, 3.8) is 0 Å². The van der Waals surface area contributed by atoms with E-state index in [1.807, 2.05) is 0 Å². The Morgan fingerprint density at radius 1 is 1.00 bits per heavy atom. The highest BCUT2D eigenvalue weighted by Gasteiger charge is 0.839. The standard InChI is InChI=1S/CH4O.2ClH.H3N/c1-2;;;/h2H,1H3;2*1H;1H3. The van der Waals surface area contributed by atoms with Crippen LogP contribution in [0.25, 0.3) is 0 Å². The Hall–Kier alpha value is 0.500. The van der Waals surface area contributed by atoms with Crippen LogP contribution in [0.2, 0.25) is 0 Å². The minimum Gasteiger partial charge on any atom is -0.400 e. The first-order chi connectivity index (χ1) is 1.00. The highest BCUT2D eigenvalue weighted by atomic mass is 35.5. The van der Waals surface area contributed by atoms with E-state index in [-0.39, 0.29) is 31.0 Å². The molecule has 0 aromatic rings. The van der Waals surface area contributed by atoms with E-state index in [2.05, 4.69) is 0 Å². The van der Waals surface area contributed by atoms with Gasteiger partial charge in [-0.15, -0.1) is 24.8 Å². The van der Waals surface area contributed by atoms with Crippen LogP contribution in [0.3, 0.4) is 0 Å². The minimum absolute atomic E-state index is 0. The van der Waals surface area contributed by atoms with E-state index >= 15 is 0 Å². The van der Waals surface area contributed by atoms with Gasteiger partial charge in [-0.2, -0.15) is 0 Å². The zero-order chi connectivity index (χ0) is 2.00. The van der Waals surface area contributed by atoms with Gasteiger partial charge in [0.25, 0.3) is 0 Å². The maximum Gasteiger partial charge on any atom is 0.0319 e. The van der Waals surface area contributed by atoms with Crippen LogP contribution in [-0.4, -0.2) is 12.2 Å². The van der Waals surface area contributed by atoms with Gasteiger partial charge >= 0.3 is 0 Å². The predicted molar refractivity (Wildman–Crippen MR) is 27.7 cm³/mol. The number of halogens is 2. The van der Waals surface area contributed by atoms with Gasteiger partial charge in [0.1, 0.15) is 0 Å². The summed E-state index contributed by atoms with van der Waals surface area (Å²) in [6, 6.07) is 0. The Kier molecular flexibility index (Phi) is 2180. The molecule has 4 heteroatoms. The lowest BCUT2D eigenvalue weighted by atomic mass is 11.8. The maximum atomic E-state index is 7.00. The third kappa shape index (κ3) is 113. The number of rotatable bonds is 0. The Balaban J connectivity index is -0.00000000167. The topological polar surface area (TPSA) is 55.2 Å². The number of aliphatic hydroxyl groups is 1. The summed E-state index contributed by atoms with van der Waals surface area (Å²) < 4.78 is 0. The van der Waals surface area contributed by atoms with Crippen molar-refractivity contribution < 1.29 is 5.11 Å². The van der Waals surface area contributed by atoms with Crippen molar-refractivity contribution in [2.75, 3.05) is 7.11 Å². The molecule has 0 heterocycles. The van der Waals surface area contributed by atoms with E-state index < -0.39 is 0 Å². The molecule has 0 bridgehead atoms. The molecule has 2 nitrogen and oxygen atoms in total. The van der Waals surface area contributed by atoms with E-state index in [0.717, 1.165) is 7.11 Å². The molecule has 0 aliphatic carbocycles. The van der Waals surface area contributed by atoms with Crippen LogP contribution >= 0.6 is 24.8 Å². The molecule has 0 saturated heterocycles. The Morgan fingerprint density at radius 3 is 1.00 bits per heavy atom. The van der Waals surface area contributed by atoms with Crippen LogP contribution in [0.4, 0.5) is 0 Å². The molecule has 38 valence electrons. The third-order valence-corrected chi connectivity index (χ3v) is 0. The molecule has 0 spiro atoms. The predicted octanol–water partition coefficient (Wildman–Crippen LogP) is 0.614. The molecule has 0 atom stereocenters. The molecule has 0 aromatic heterocycles. The summed E-state index contributed by atoms with van der Waals surface area (Å²) in [6.45, 7) is 0. The van der Waals surface area contributed by atoms with E-state index in [1.165, 1.54) is 0 Å². The zero-order valence-electron chi connectivity index (χ0n) is 2.97. The molecule has 0 aromatic carbocycles. The van der Waals surface area contributed by atoms with E-state index in [9.17, 15) is 0 Å². The van der Waals surface area contributed by atoms with Gasteiger partial charge in [-0.25, -0.2) is 0 Å². The Bertz CT molecular complexity index is 9.61. The molecule has 4 N–H and O–H groups in total. The van der Waals surface area contributed by atoms with Crippen LogP contribution in [0, 0.1) is 0 Å². The third-order valence-electron chi connectivity index (χ3n) is 0. The van der Waals surface area contributed by atoms with Crippen molar-refractivity contribution in [1.82, 2.24) is 6.15 Å². The van der Waals surface area contributed by atoms with Crippen molar-refractivity contribution in [3.05, 3.63) is 0 Å². The number of aliphatic hydroxyl groups excluding tert-OH is 1. The second kappa shape index (κ2) is 221. The van der Waals surface area contributed by atoms with Gasteiger partial charge in [0.05, 0.1) is 0 Å². The lowest BCUT2D eigenvalue weighted by Gasteiger charge is -1.21. The molecular weight excluding hydrogens is 113 g/mol. The van der Waals surface area contributed by atoms with E-state index in [1.54, 1.807) is 0 Å². The molecule has 0 radical (unpaired) electrons. The molecule has 0 aliphatic rings. The van der Waals surface area contributed by atoms with Crippen molar-refractivity contribution >= 4 is 24.8 Å². The maximum absolute atomic E-state index is 7.00. The van der Waals surface area contributed by atoms with Gasteiger partial charge in [-0.05, 0) is 0 Å². The van der Waals surface area contributed by atoms with Crippen LogP contribution in [0.5, 0.6) is 0 Å². The second-order valence-electron chi connectivity index (χ2n) is 0. The fraction of sp³-hybridized carbons (Fsp3) is 1.00. The van der Waals surface area contributed by atoms with Gasteiger partial charge in [-0.1, -0.05) is 0 Å². The highest BCUT2D eigenvalue weighted by Crippen LogP contribution is 0.755. The van der Waals surface area contributed by atoms with Gasteiger partial charge in [0, 0.05) is 7.11 Å². The fourth-order valence-corrected chi connectivity index (χ4v) is 0. The summed E-state index contributed by atoms with van der Waals surface area (Å²) in [5.41, 5.74) is 0. The van der Waals surface area contributed by atoms with Crippen LogP contribution in [0.15, 0.2) is 0 Å². The van der Waals surface area contributed by atoms with Crippen molar-refractivity contribution in [2.24, 2.45) is 0 Å². The number of hydrogen-bond acceptors (Lipinski definition) is 2. The van der Waals surface area contributed by atoms with Crippen LogP contribution in [0.1, 0.15) is 0 Å². The average Bonchev–Trinajstić information content (AvgIpc) is 1.00. The first-order valence-electron chi connectivity index (χ1n) is 0.447. The molecule has 0 fully saturated rings. The molecule has 0 amide bonds. The smallest absolute Gasteiger partial charge is 0.0319 e. The van der Waals surface area contributed by atoms with Crippen LogP contribution in [-0.2, 0) is 0 Å². The Morgan fingerprint density at radius 2 is 1.00 bits per heavy atom. The first kappa shape index (κ1) is 49.5. The summed E-state index contributed by atoms with van der Waals surface area (Å²) >= 11 is 0. The Labute approximate surface area is 44.0 Å². The average molecular weight is 122 g/mol. The second-order valence-corrected chi connectivity index (χ2v) is 0. The summed E-state index contributed by atoms with van der Waals surface area (Å²) in [5.74, 6) is 0. The van der Waals surface area contributed by atoms with Crippen molar-refractivity contribution in [2.45, 2.75) is 0 Å². The summed E-state index contributed by atoms with van der Waals surface area (Å²) in [4.78, 5) is 0. The van der Waals surface area contributed by atoms with Gasteiger partial charge in [0.15, 0.2) is 0 Å². The summed E-state index contributed by atoms with van der Waals surface area (Å²) in [6.07, 6.45) is 0. The largest absolute Gasteiger partial charge is 0.400 e. The zero-order valence-corrected chi connectivity index (χ0v) is 4.60. The lowest BCUT2D eigenvalue weighted by molar-refractivity contribution is 0.399. The highest BCUT2D eigenvalue weighted by molar-refractivity contribution is 5.85. The van der Waals surface area contributed by atoms with E-state index in [0.29, 0.717) is 0 Å². The summed E-state index contributed by atoms with van der Waals surface area (Å²) in [5, 5.41) is 7.00. The van der Waals surface area contributed by atoms with Gasteiger partial charge in [0.2, 0.25) is 0 Å². The molecule has 5 heavy (non-hydrogen) atoms. The van der Waals surface area contributed by atoms with E-state index in [4.69, 9.17) is 5.11 Å². The lowest BCUT2D eigenvalue weighted by Crippen LogP contribution is -1.25. The summed E-state index contributed by atoms with van der Waals surface area (Å²) in [7, 11) is 1.00. The molecule has 0 aliphatic heterocycles. The van der Waals surface area contributed by atoms with Gasteiger partial charge < -0.3 is 11.3 Å². The molecular formula is CH9Cl2NO. The molecule has 0 unspecified atom stereocenters. The van der Waals surface area contributed by atoms with Crippen molar-refractivity contribution in [1.29, 1.82) is 0 Å². The fourth-order valence-electron chi connectivity index (χ4n) is 0.